The summed E-state index contributed by atoms with van der Waals surface area (Å²) >= 11 is 0. The van der Waals surface area contributed by atoms with Crippen molar-refractivity contribution in [1.82, 2.24) is 0 Å². The Labute approximate surface area is 155 Å². The molecule has 0 spiro atoms. The minimum Gasteiger partial charge on any atom is -0.434 e. The summed E-state index contributed by atoms with van der Waals surface area (Å²) in [5.74, 6) is -0.174. The van der Waals surface area contributed by atoms with Crippen LogP contribution in [0.1, 0.15) is 78.1 Å². The first kappa shape index (κ1) is 23.2. The summed E-state index contributed by atoms with van der Waals surface area (Å²) in [6, 6.07) is 0. The molecule has 0 atom stereocenters. The van der Waals surface area contributed by atoms with Gasteiger partial charge in [-0.15, -0.1) is 0 Å². The van der Waals surface area contributed by atoms with E-state index in [1.165, 1.54) is 31.9 Å². The molecule has 0 unspecified atom stereocenters. The summed E-state index contributed by atoms with van der Waals surface area (Å²) in [5, 5.41) is 0. The van der Waals surface area contributed by atoms with E-state index in [1.54, 1.807) is 6.08 Å². The highest BCUT2D eigenvalue weighted by Crippen LogP contribution is 2.04. The maximum atomic E-state index is 11.4. The molecule has 25 heavy (non-hydrogen) atoms. The first-order chi connectivity index (χ1) is 12.2. The van der Waals surface area contributed by atoms with Gasteiger partial charge in [0.15, 0.2) is 0 Å². The smallest absolute Gasteiger partial charge is 0.310 e. The van der Waals surface area contributed by atoms with Gasteiger partial charge in [0, 0.05) is 6.42 Å². The molecule has 0 N–H and O–H groups in total. The molecular weight excluding hydrogens is 308 g/mol. The van der Waals surface area contributed by atoms with Crippen LogP contribution in [0.3, 0.4) is 0 Å². The van der Waals surface area contributed by atoms with Gasteiger partial charge in [0.2, 0.25) is 0 Å². The molecule has 140 valence electrons. The largest absolute Gasteiger partial charge is 0.434 e. The van der Waals surface area contributed by atoms with Crippen molar-refractivity contribution in [2.45, 2.75) is 78.1 Å². The Balaban J connectivity index is 3.47. The molecule has 0 amide bonds. The van der Waals surface area contributed by atoms with Crippen molar-refractivity contribution in [3.05, 3.63) is 60.9 Å². The molecule has 0 bridgehead atoms. The van der Waals surface area contributed by atoms with Crippen LogP contribution in [0.2, 0.25) is 0 Å². The number of hydrogen-bond donors (Lipinski definition) is 0. The standard InChI is InChI=1S/C23H36O2/c1-4-5-6-7-8-9-10-11-12-13-14-15-16-17-18-19-23(24)25-21-20-22(2)3/h8-9,11-12,14-15,20-21H,2,4-7,10,13,16-19H2,1,3H3/b9-8-,12-11-,15-14-,21-20+. The molecule has 0 aromatic heterocycles. The normalized spacial score (nSPS) is 12.1. The zero-order chi connectivity index (χ0) is 18.6. The molecule has 0 aromatic carbocycles. The van der Waals surface area contributed by atoms with Crippen molar-refractivity contribution in [1.29, 1.82) is 0 Å². The third-order valence-corrected chi connectivity index (χ3v) is 3.57. The van der Waals surface area contributed by atoms with Crippen molar-refractivity contribution < 1.29 is 9.53 Å². The number of ether oxygens (including phenoxy) is 1. The minimum atomic E-state index is -0.174. The number of carbonyl (C=O) groups excluding carboxylic acids is 1. The SMILES string of the molecule is C=C(C)/C=C/OC(=O)CCCC/C=C\C/C=C\C/C=C\CCCCC. The highest BCUT2D eigenvalue weighted by Gasteiger charge is 1.99. The lowest BCUT2D eigenvalue weighted by Gasteiger charge is -1.98. The highest BCUT2D eigenvalue weighted by molar-refractivity contribution is 5.69. The molecule has 0 rings (SSSR count). The maximum Gasteiger partial charge on any atom is 0.310 e. The van der Waals surface area contributed by atoms with E-state index in [0.29, 0.717) is 6.42 Å². The fourth-order valence-corrected chi connectivity index (χ4v) is 2.11. The first-order valence-electron chi connectivity index (χ1n) is 9.63. The molecule has 0 heterocycles. The lowest BCUT2D eigenvalue weighted by atomic mass is 10.1. The fraction of sp³-hybridized carbons (Fsp3) is 0.522. The summed E-state index contributed by atoms with van der Waals surface area (Å²) in [5.41, 5.74) is 0.870. The van der Waals surface area contributed by atoms with Crippen molar-refractivity contribution in [2.75, 3.05) is 0 Å². The van der Waals surface area contributed by atoms with E-state index in [2.05, 4.69) is 50.0 Å². The molecule has 0 radical (unpaired) electrons. The quantitative estimate of drug-likeness (QED) is 0.103. The van der Waals surface area contributed by atoms with Gasteiger partial charge in [-0.05, 0) is 57.9 Å². The molecule has 0 aliphatic carbocycles. The van der Waals surface area contributed by atoms with Gasteiger partial charge < -0.3 is 4.74 Å². The second kappa shape index (κ2) is 18.5. The van der Waals surface area contributed by atoms with Gasteiger partial charge >= 0.3 is 5.97 Å². The van der Waals surface area contributed by atoms with Gasteiger partial charge in [0.1, 0.15) is 0 Å². The van der Waals surface area contributed by atoms with Gasteiger partial charge in [-0.25, -0.2) is 0 Å². The van der Waals surface area contributed by atoms with Crippen LogP contribution in [0.25, 0.3) is 0 Å². The number of carbonyl (C=O) groups is 1. The molecular formula is C23H36O2. The van der Waals surface area contributed by atoms with Gasteiger partial charge in [-0.3, -0.25) is 4.79 Å². The number of allylic oxidation sites excluding steroid dienone is 8. The molecule has 0 aromatic rings. The number of rotatable bonds is 15. The topological polar surface area (TPSA) is 26.3 Å². The third kappa shape index (κ3) is 20.1. The molecule has 0 aliphatic heterocycles. The van der Waals surface area contributed by atoms with E-state index in [0.717, 1.165) is 37.7 Å². The van der Waals surface area contributed by atoms with Crippen LogP contribution in [-0.4, -0.2) is 5.97 Å². The van der Waals surface area contributed by atoms with Crippen LogP contribution in [0.5, 0.6) is 0 Å². The summed E-state index contributed by atoms with van der Waals surface area (Å²) in [7, 11) is 0. The van der Waals surface area contributed by atoms with Gasteiger partial charge in [-0.2, -0.15) is 0 Å². The summed E-state index contributed by atoms with van der Waals surface area (Å²) in [6.07, 6.45) is 27.0. The van der Waals surface area contributed by atoms with Crippen molar-refractivity contribution >= 4 is 5.97 Å². The molecule has 0 saturated heterocycles. The summed E-state index contributed by atoms with van der Waals surface area (Å²) in [4.78, 5) is 11.4. The Kier molecular flexibility index (Phi) is 17.2. The fourth-order valence-electron chi connectivity index (χ4n) is 2.11. The van der Waals surface area contributed by atoms with E-state index in [-0.39, 0.29) is 5.97 Å². The van der Waals surface area contributed by atoms with Crippen LogP contribution < -0.4 is 0 Å². The Morgan fingerprint density at radius 2 is 1.44 bits per heavy atom. The molecule has 0 aliphatic rings. The molecule has 2 heteroatoms. The van der Waals surface area contributed by atoms with Crippen LogP contribution in [0.4, 0.5) is 0 Å². The lowest BCUT2D eigenvalue weighted by molar-refractivity contribution is -0.138. The van der Waals surface area contributed by atoms with Crippen LogP contribution >= 0.6 is 0 Å². The van der Waals surface area contributed by atoms with Crippen LogP contribution in [0.15, 0.2) is 60.9 Å². The van der Waals surface area contributed by atoms with Crippen molar-refractivity contribution in [3.8, 4) is 0 Å². The third-order valence-electron chi connectivity index (χ3n) is 3.57. The Bertz CT molecular complexity index is 453. The average Bonchev–Trinajstić information content (AvgIpc) is 2.58. The van der Waals surface area contributed by atoms with E-state index in [4.69, 9.17) is 4.74 Å². The van der Waals surface area contributed by atoms with Gasteiger partial charge in [0.05, 0.1) is 6.26 Å². The van der Waals surface area contributed by atoms with E-state index < -0.39 is 0 Å². The second-order valence-corrected chi connectivity index (χ2v) is 6.27. The van der Waals surface area contributed by atoms with Gasteiger partial charge in [-0.1, -0.05) is 68.4 Å². The predicted octanol–water partition coefficient (Wildman–Crippen LogP) is 7.21. The number of unbranched alkanes of at least 4 members (excludes halogenated alkanes) is 5. The minimum absolute atomic E-state index is 0.174. The van der Waals surface area contributed by atoms with Crippen molar-refractivity contribution in [2.24, 2.45) is 0 Å². The van der Waals surface area contributed by atoms with Crippen LogP contribution in [0, 0.1) is 0 Å². The Morgan fingerprint density at radius 1 is 0.880 bits per heavy atom. The lowest BCUT2D eigenvalue weighted by Crippen LogP contribution is -1.98. The predicted molar refractivity (Wildman–Crippen MR) is 109 cm³/mol. The Morgan fingerprint density at radius 3 is 2.00 bits per heavy atom. The zero-order valence-electron chi connectivity index (χ0n) is 16.2. The number of esters is 1. The van der Waals surface area contributed by atoms with E-state index in [9.17, 15) is 4.79 Å². The monoisotopic (exact) mass is 344 g/mol. The summed E-state index contributed by atoms with van der Waals surface area (Å²) < 4.78 is 4.96. The summed E-state index contributed by atoms with van der Waals surface area (Å²) in [6.45, 7) is 7.80. The van der Waals surface area contributed by atoms with Gasteiger partial charge in [0.25, 0.3) is 0 Å². The van der Waals surface area contributed by atoms with E-state index >= 15 is 0 Å². The second-order valence-electron chi connectivity index (χ2n) is 6.27. The highest BCUT2D eigenvalue weighted by atomic mass is 16.5. The first-order valence-corrected chi connectivity index (χ1v) is 9.63. The molecule has 2 nitrogen and oxygen atoms in total. The zero-order valence-corrected chi connectivity index (χ0v) is 16.2. The van der Waals surface area contributed by atoms with E-state index in [1.807, 2.05) is 6.92 Å². The van der Waals surface area contributed by atoms with Crippen molar-refractivity contribution in [3.63, 3.8) is 0 Å². The Hall–Kier alpha value is -1.83. The number of hydrogen-bond acceptors (Lipinski definition) is 2. The molecule has 0 fully saturated rings. The maximum absolute atomic E-state index is 11.4. The van der Waals surface area contributed by atoms with Crippen LogP contribution in [-0.2, 0) is 9.53 Å². The average molecular weight is 345 g/mol. The molecule has 0 saturated carbocycles.